The Labute approximate surface area is 314 Å². The lowest BCUT2D eigenvalue weighted by Crippen LogP contribution is -2.27. The lowest BCUT2D eigenvalue weighted by molar-refractivity contribution is 0.158. The van der Waals surface area contributed by atoms with E-state index in [1.54, 1.807) is 44.6 Å². The molecule has 2 aliphatic heterocycles. The van der Waals surface area contributed by atoms with Crippen molar-refractivity contribution in [3.8, 4) is 34.1 Å². The summed E-state index contributed by atoms with van der Waals surface area (Å²) < 4.78 is 28.3. The van der Waals surface area contributed by atoms with Crippen LogP contribution >= 0.6 is 35.8 Å². The van der Waals surface area contributed by atoms with E-state index in [2.05, 4.69) is 61.5 Å². The van der Waals surface area contributed by atoms with Crippen molar-refractivity contribution in [2.24, 2.45) is 0 Å². The Bertz CT molecular complexity index is 2170. The Morgan fingerprint density at radius 1 is 0.882 bits per heavy atom. The van der Waals surface area contributed by atoms with Crippen molar-refractivity contribution in [2.75, 3.05) is 42.0 Å². The van der Waals surface area contributed by atoms with Gasteiger partial charge in [-0.1, -0.05) is 59.8 Å². The monoisotopic (exact) mass is 745 g/mol. The summed E-state index contributed by atoms with van der Waals surface area (Å²) in [7, 11) is 8.89. The van der Waals surface area contributed by atoms with Gasteiger partial charge in [-0.25, -0.2) is 4.79 Å². The van der Waals surface area contributed by atoms with E-state index in [9.17, 15) is 4.79 Å². The molecule has 10 heteroatoms. The van der Waals surface area contributed by atoms with Gasteiger partial charge in [-0.3, -0.25) is 0 Å². The van der Waals surface area contributed by atoms with E-state index in [4.69, 9.17) is 35.0 Å². The van der Waals surface area contributed by atoms with Gasteiger partial charge in [0.2, 0.25) is 0 Å². The van der Waals surface area contributed by atoms with Gasteiger partial charge in [0.1, 0.15) is 45.1 Å². The minimum absolute atomic E-state index is 0. The number of ether oxygens (including phenoxy) is 4. The van der Waals surface area contributed by atoms with Crippen LogP contribution in [-0.4, -0.2) is 52.5 Å². The fourth-order valence-electron chi connectivity index (χ4n) is 6.09. The summed E-state index contributed by atoms with van der Waals surface area (Å²) in [5, 5.41) is 1.37. The molecule has 51 heavy (non-hydrogen) atoms. The second-order valence-corrected chi connectivity index (χ2v) is 14.2. The summed E-state index contributed by atoms with van der Waals surface area (Å²) in [5.74, 6) is 2.19. The predicted octanol–water partition coefficient (Wildman–Crippen LogP) is 10.3. The molecule has 0 amide bonds. The Kier molecular flexibility index (Phi) is 11.8. The van der Waals surface area contributed by atoms with Crippen LogP contribution in [0.15, 0.2) is 104 Å². The van der Waals surface area contributed by atoms with E-state index in [0.717, 1.165) is 23.6 Å². The van der Waals surface area contributed by atoms with Gasteiger partial charge in [0.05, 0.1) is 26.9 Å². The lowest BCUT2D eigenvalue weighted by atomic mass is 9.96. The summed E-state index contributed by atoms with van der Waals surface area (Å²) >= 11 is 8.03. The second kappa shape index (κ2) is 15.9. The number of halogens is 2. The zero-order chi connectivity index (χ0) is 35.6. The van der Waals surface area contributed by atoms with Gasteiger partial charge < -0.3 is 28.3 Å². The molecule has 0 aliphatic carbocycles. The van der Waals surface area contributed by atoms with E-state index in [1.165, 1.54) is 33.6 Å². The summed E-state index contributed by atoms with van der Waals surface area (Å²) in [6.45, 7) is 4.95. The summed E-state index contributed by atoms with van der Waals surface area (Å²) in [5.41, 5.74) is 4.99. The highest BCUT2D eigenvalue weighted by Gasteiger charge is 2.29. The molecular weight excluding hydrogens is 705 g/mol. The second-order valence-electron chi connectivity index (χ2n) is 12.7. The van der Waals surface area contributed by atoms with Crippen LogP contribution in [0, 0.1) is 0 Å². The van der Waals surface area contributed by atoms with Crippen molar-refractivity contribution in [1.82, 2.24) is 4.90 Å². The van der Waals surface area contributed by atoms with Crippen LogP contribution in [0.1, 0.15) is 37.0 Å². The smallest absolute Gasteiger partial charge is 0.347 e. The molecule has 0 N–H and O–H groups in total. The van der Waals surface area contributed by atoms with E-state index in [0.29, 0.717) is 45.1 Å². The molecule has 7 nitrogen and oxygen atoms in total. The quantitative estimate of drug-likeness (QED) is 0.150. The minimum atomic E-state index is -0.507. The zero-order valence-corrected chi connectivity index (χ0v) is 32.1. The highest BCUT2D eigenvalue weighted by Crippen LogP contribution is 2.48. The average Bonchev–Trinajstić information content (AvgIpc) is 3.09. The molecule has 1 aromatic heterocycles. The molecule has 2 aliphatic rings. The third-order valence-corrected chi connectivity index (χ3v) is 9.86. The fourth-order valence-corrected chi connectivity index (χ4v) is 7.35. The van der Waals surface area contributed by atoms with Crippen LogP contribution in [0.3, 0.4) is 0 Å². The molecule has 0 saturated carbocycles. The maximum atomic E-state index is 12.9. The first-order valence-electron chi connectivity index (χ1n) is 16.2. The first-order valence-corrected chi connectivity index (χ1v) is 17.4. The average molecular weight is 747 g/mol. The van der Waals surface area contributed by atoms with Crippen molar-refractivity contribution in [2.45, 2.75) is 35.7 Å². The molecule has 0 spiro atoms. The number of nitrogens with zero attached hydrogens (tertiary/aromatic N) is 1. The first-order chi connectivity index (χ1) is 24.0. The van der Waals surface area contributed by atoms with Crippen LogP contribution in [-0.2, 0) is 0 Å². The number of benzene rings is 4. The summed E-state index contributed by atoms with van der Waals surface area (Å²) in [4.78, 5) is 17.7. The van der Waals surface area contributed by atoms with Crippen molar-refractivity contribution < 1.29 is 23.4 Å². The molecular formula is C41H41Cl2NO6S. The predicted molar refractivity (Wildman–Crippen MR) is 211 cm³/mol. The van der Waals surface area contributed by atoms with Crippen molar-refractivity contribution in [3.63, 3.8) is 0 Å². The highest BCUT2D eigenvalue weighted by atomic mass is 35.5. The van der Waals surface area contributed by atoms with E-state index >= 15 is 0 Å². The summed E-state index contributed by atoms with van der Waals surface area (Å²) in [6, 6.07) is 23.6. The Hall–Kier alpha value is -4.34. The number of methoxy groups -OCH3 is 3. The van der Waals surface area contributed by atoms with Gasteiger partial charge in [-0.05, 0) is 105 Å². The van der Waals surface area contributed by atoms with Crippen LogP contribution in [0.5, 0.6) is 23.0 Å². The minimum Gasteiger partial charge on any atom is -0.497 e. The van der Waals surface area contributed by atoms with E-state index in [-0.39, 0.29) is 12.4 Å². The first kappa shape index (κ1) is 37.9. The third-order valence-electron chi connectivity index (χ3n) is 8.47. The Morgan fingerprint density at radius 2 is 1.59 bits per heavy atom. The van der Waals surface area contributed by atoms with E-state index < -0.39 is 11.2 Å². The fraction of sp³-hybridized carbons (Fsp3) is 0.244. The van der Waals surface area contributed by atoms with Crippen LogP contribution in [0.4, 0.5) is 0 Å². The normalized spacial score (nSPS) is 14.3. The maximum absolute atomic E-state index is 12.9. The Balaban J connectivity index is 0.000000204. The molecule has 0 saturated heterocycles. The van der Waals surface area contributed by atoms with Gasteiger partial charge in [0.15, 0.2) is 0 Å². The van der Waals surface area contributed by atoms with Gasteiger partial charge in [-0.15, -0.1) is 12.4 Å². The molecule has 0 bridgehead atoms. The van der Waals surface area contributed by atoms with Gasteiger partial charge in [0.25, 0.3) is 0 Å². The van der Waals surface area contributed by atoms with Gasteiger partial charge in [-0.2, -0.15) is 0 Å². The van der Waals surface area contributed by atoms with Gasteiger partial charge in [0, 0.05) is 27.4 Å². The topological polar surface area (TPSA) is 70.4 Å². The van der Waals surface area contributed by atoms with Crippen molar-refractivity contribution in [3.05, 3.63) is 117 Å². The maximum Gasteiger partial charge on any atom is 0.347 e. The third kappa shape index (κ3) is 7.95. The summed E-state index contributed by atoms with van der Waals surface area (Å²) in [6.07, 6.45) is 7.29. The molecule has 0 atom stereocenters. The van der Waals surface area contributed by atoms with Gasteiger partial charge >= 0.3 is 5.63 Å². The SMILES string of the molecule is CN(C)CCC=C1c2ccccc2Sc2ccc(Cl)cc21.COc1ccc(-c2c(OC)c3c(OC)c4c(cc3oc2=O)OC(C)(C)C=C4)cc1.Cl. The molecule has 7 rings (SSSR count). The lowest BCUT2D eigenvalue weighted by Gasteiger charge is -2.29. The molecule has 0 unspecified atom stereocenters. The molecule has 5 aromatic rings. The molecule has 266 valence electrons. The standard InChI is InChI=1S/C23H22O6.C18H18ClNS.ClH/c1-23(2)11-10-15-16(29-23)12-17-19(20(15)26-4)21(27-5)18(22(24)28-17)13-6-8-14(25-3)9-7-13;1-20(2)11-5-7-14-15-6-3-4-8-17(15)21-18-10-9-13(19)12-16(14)18;/h6-12H,1-5H3;3-4,6-10,12H,5,11H2,1-2H3;1H. The molecule has 3 heterocycles. The Morgan fingerprint density at radius 3 is 2.27 bits per heavy atom. The zero-order valence-electron chi connectivity index (χ0n) is 29.7. The largest absolute Gasteiger partial charge is 0.497 e. The number of hydrogen-bond donors (Lipinski definition) is 0. The van der Waals surface area contributed by atoms with E-state index in [1.807, 2.05) is 43.8 Å². The number of hydrogen-bond acceptors (Lipinski definition) is 8. The van der Waals surface area contributed by atoms with Crippen LogP contribution in [0.25, 0.3) is 33.7 Å². The molecule has 4 aromatic carbocycles. The van der Waals surface area contributed by atoms with Crippen molar-refractivity contribution >= 4 is 58.4 Å². The number of fused-ring (bicyclic) bond motifs is 4. The van der Waals surface area contributed by atoms with Crippen LogP contribution < -0.4 is 24.6 Å². The van der Waals surface area contributed by atoms with Crippen LogP contribution in [0.2, 0.25) is 5.02 Å². The molecule has 0 radical (unpaired) electrons. The van der Waals surface area contributed by atoms with Crippen molar-refractivity contribution in [1.29, 1.82) is 0 Å². The highest BCUT2D eigenvalue weighted by molar-refractivity contribution is 7.99. The number of rotatable bonds is 7. The molecule has 0 fully saturated rings.